The van der Waals surface area contributed by atoms with E-state index >= 15 is 0 Å². The molecule has 1 aromatic heterocycles. The predicted octanol–water partition coefficient (Wildman–Crippen LogP) is 2.70. The van der Waals surface area contributed by atoms with Gasteiger partial charge in [-0.2, -0.15) is 5.26 Å². The van der Waals surface area contributed by atoms with Crippen molar-refractivity contribution in [3.05, 3.63) is 66.0 Å². The number of carbonyl (C=O) groups excluding carboxylic acids is 1. The van der Waals surface area contributed by atoms with Crippen molar-refractivity contribution in [3.8, 4) is 11.8 Å². The van der Waals surface area contributed by atoms with Crippen molar-refractivity contribution in [2.45, 2.75) is 11.7 Å². The Balaban J connectivity index is 1.46. The van der Waals surface area contributed by atoms with Gasteiger partial charge in [0.25, 0.3) is 0 Å². The highest BCUT2D eigenvalue weighted by atomic mass is 32.2. The molecule has 158 valence electrons. The number of hydrogen-bond donors (Lipinski definition) is 1. The van der Waals surface area contributed by atoms with Gasteiger partial charge >= 0.3 is 0 Å². The van der Waals surface area contributed by atoms with Crippen LogP contribution in [0.25, 0.3) is 5.69 Å². The average molecular weight is 435 g/mol. The van der Waals surface area contributed by atoms with Gasteiger partial charge < -0.3 is 10.1 Å². The van der Waals surface area contributed by atoms with Crippen LogP contribution in [-0.4, -0.2) is 57.6 Å². The quantitative estimate of drug-likeness (QED) is 0.571. The highest BCUT2D eigenvalue weighted by Crippen LogP contribution is 2.23. The number of ether oxygens (including phenoxy) is 1. The molecule has 0 saturated carbocycles. The fourth-order valence-electron chi connectivity index (χ4n) is 3.25. The van der Waals surface area contributed by atoms with Gasteiger partial charge in [0.2, 0.25) is 5.91 Å². The van der Waals surface area contributed by atoms with Crippen molar-refractivity contribution < 1.29 is 9.53 Å². The van der Waals surface area contributed by atoms with E-state index in [1.165, 1.54) is 11.8 Å². The first-order valence-corrected chi connectivity index (χ1v) is 10.9. The van der Waals surface area contributed by atoms with Gasteiger partial charge in [-0.3, -0.25) is 14.3 Å². The van der Waals surface area contributed by atoms with Crippen molar-refractivity contribution in [2.75, 3.05) is 37.4 Å². The highest BCUT2D eigenvalue weighted by Gasteiger charge is 2.19. The smallest absolute Gasteiger partial charge is 0.234 e. The summed E-state index contributed by atoms with van der Waals surface area (Å²) in [5, 5.41) is 21.2. The lowest BCUT2D eigenvalue weighted by Crippen LogP contribution is -2.36. The Bertz CT molecular complexity index is 1060. The molecule has 1 fully saturated rings. The topological polar surface area (TPSA) is 96.1 Å². The number of benzene rings is 2. The summed E-state index contributed by atoms with van der Waals surface area (Å²) in [4.78, 5) is 14.7. The minimum Gasteiger partial charge on any atom is -0.379 e. The largest absolute Gasteiger partial charge is 0.379 e. The van der Waals surface area contributed by atoms with Crippen LogP contribution in [0, 0.1) is 11.3 Å². The molecule has 1 N–H and O–H groups in total. The van der Waals surface area contributed by atoms with E-state index in [0.29, 0.717) is 23.0 Å². The van der Waals surface area contributed by atoms with Crippen molar-refractivity contribution in [3.63, 3.8) is 0 Å². The highest BCUT2D eigenvalue weighted by molar-refractivity contribution is 7.99. The predicted molar refractivity (Wildman–Crippen MR) is 118 cm³/mol. The zero-order valence-electron chi connectivity index (χ0n) is 16.9. The van der Waals surface area contributed by atoms with Crippen LogP contribution >= 0.6 is 11.8 Å². The van der Waals surface area contributed by atoms with Crippen LogP contribution in [0.2, 0.25) is 0 Å². The SMILES string of the molecule is N#Cc1ccc(NC(=O)CSc2nnc(CN3CCOCC3)n2-c2ccccc2)cc1. The maximum absolute atomic E-state index is 12.4. The number of amides is 1. The van der Waals surface area contributed by atoms with Gasteiger partial charge in [0.15, 0.2) is 11.0 Å². The molecule has 0 aliphatic carbocycles. The molecule has 2 aromatic carbocycles. The molecule has 0 spiro atoms. The first-order chi connectivity index (χ1) is 15.2. The van der Waals surface area contributed by atoms with E-state index in [4.69, 9.17) is 10.00 Å². The molecule has 9 heteroatoms. The number of para-hydroxylation sites is 1. The second-order valence-corrected chi connectivity index (χ2v) is 7.93. The lowest BCUT2D eigenvalue weighted by molar-refractivity contribution is -0.113. The lowest BCUT2D eigenvalue weighted by Gasteiger charge is -2.26. The Morgan fingerprint density at radius 3 is 2.55 bits per heavy atom. The third-order valence-electron chi connectivity index (χ3n) is 4.81. The fourth-order valence-corrected chi connectivity index (χ4v) is 4.02. The number of hydrogen-bond acceptors (Lipinski definition) is 7. The van der Waals surface area contributed by atoms with E-state index in [0.717, 1.165) is 37.8 Å². The zero-order chi connectivity index (χ0) is 21.5. The Kier molecular flexibility index (Phi) is 6.94. The number of nitrogens with zero attached hydrogens (tertiary/aromatic N) is 5. The molecule has 1 amide bonds. The van der Waals surface area contributed by atoms with E-state index < -0.39 is 0 Å². The Labute approximate surface area is 184 Å². The zero-order valence-corrected chi connectivity index (χ0v) is 17.7. The van der Waals surface area contributed by atoms with Crippen LogP contribution in [0.1, 0.15) is 11.4 Å². The monoisotopic (exact) mass is 434 g/mol. The summed E-state index contributed by atoms with van der Waals surface area (Å²) in [6, 6.07) is 18.8. The molecule has 0 radical (unpaired) electrons. The molecule has 1 aliphatic heterocycles. The maximum Gasteiger partial charge on any atom is 0.234 e. The summed E-state index contributed by atoms with van der Waals surface area (Å²) < 4.78 is 7.44. The van der Waals surface area contributed by atoms with Crippen LogP contribution in [-0.2, 0) is 16.1 Å². The normalized spacial score (nSPS) is 14.2. The van der Waals surface area contributed by atoms with Gasteiger partial charge in [-0.1, -0.05) is 30.0 Å². The first-order valence-electron chi connectivity index (χ1n) is 9.95. The molecule has 2 heterocycles. The number of nitriles is 1. The van der Waals surface area contributed by atoms with Crippen LogP contribution in [0.15, 0.2) is 59.8 Å². The molecule has 3 aromatic rings. The molecule has 1 aliphatic rings. The van der Waals surface area contributed by atoms with Crippen LogP contribution in [0.4, 0.5) is 5.69 Å². The molecule has 4 rings (SSSR count). The third-order valence-corrected chi connectivity index (χ3v) is 5.74. The van der Waals surface area contributed by atoms with Crippen LogP contribution in [0.3, 0.4) is 0 Å². The number of aromatic nitrogens is 3. The van der Waals surface area contributed by atoms with E-state index in [1.807, 2.05) is 34.9 Å². The van der Waals surface area contributed by atoms with Gasteiger partial charge in [-0.15, -0.1) is 10.2 Å². The van der Waals surface area contributed by atoms with Gasteiger partial charge in [-0.25, -0.2) is 0 Å². The minimum absolute atomic E-state index is 0.146. The van der Waals surface area contributed by atoms with E-state index in [9.17, 15) is 4.79 Å². The number of anilines is 1. The Morgan fingerprint density at radius 1 is 1.10 bits per heavy atom. The van der Waals surface area contributed by atoms with Gasteiger partial charge in [0, 0.05) is 24.5 Å². The number of rotatable bonds is 7. The van der Waals surface area contributed by atoms with Crippen molar-refractivity contribution in [1.82, 2.24) is 19.7 Å². The Hall–Kier alpha value is -3.19. The molecule has 0 unspecified atom stereocenters. The summed E-state index contributed by atoms with van der Waals surface area (Å²) in [5.41, 5.74) is 2.17. The summed E-state index contributed by atoms with van der Waals surface area (Å²) in [6.45, 7) is 3.82. The fraction of sp³-hybridized carbons (Fsp3) is 0.273. The van der Waals surface area contributed by atoms with E-state index in [2.05, 4.69) is 26.5 Å². The lowest BCUT2D eigenvalue weighted by atomic mass is 10.2. The second-order valence-electron chi connectivity index (χ2n) is 6.98. The number of thioether (sulfide) groups is 1. The summed E-state index contributed by atoms with van der Waals surface area (Å²) >= 11 is 1.34. The summed E-state index contributed by atoms with van der Waals surface area (Å²) in [6.07, 6.45) is 0. The Morgan fingerprint density at radius 2 is 1.84 bits per heavy atom. The third kappa shape index (κ3) is 5.49. The average Bonchev–Trinajstić information content (AvgIpc) is 3.22. The molecular weight excluding hydrogens is 412 g/mol. The maximum atomic E-state index is 12.4. The minimum atomic E-state index is -0.146. The standard InChI is InChI=1S/C22H22N6O2S/c23-14-17-6-8-18(9-7-17)24-21(29)16-31-22-26-25-20(15-27-10-12-30-13-11-27)28(22)19-4-2-1-3-5-19/h1-9H,10-13,15-16H2,(H,24,29). The van der Waals surface area contributed by atoms with Crippen molar-refractivity contribution in [1.29, 1.82) is 5.26 Å². The number of morpholine rings is 1. The first kappa shape index (κ1) is 21.1. The second kappa shape index (κ2) is 10.2. The molecule has 8 nitrogen and oxygen atoms in total. The molecule has 0 atom stereocenters. The van der Waals surface area contributed by atoms with Gasteiger partial charge in [0.05, 0.1) is 37.1 Å². The molecule has 31 heavy (non-hydrogen) atoms. The van der Waals surface area contributed by atoms with Crippen molar-refractivity contribution in [2.24, 2.45) is 0 Å². The number of carbonyl (C=O) groups is 1. The molecule has 0 bridgehead atoms. The van der Waals surface area contributed by atoms with Crippen molar-refractivity contribution >= 4 is 23.4 Å². The van der Waals surface area contributed by atoms with Gasteiger partial charge in [0.1, 0.15) is 0 Å². The molecule has 1 saturated heterocycles. The summed E-state index contributed by atoms with van der Waals surface area (Å²) in [7, 11) is 0. The van der Waals surface area contributed by atoms with E-state index in [-0.39, 0.29) is 11.7 Å². The summed E-state index contributed by atoms with van der Waals surface area (Å²) in [5.74, 6) is 0.887. The molecular formula is C22H22N6O2S. The van der Waals surface area contributed by atoms with Crippen LogP contribution < -0.4 is 5.32 Å². The van der Waals surface area contributed by atoms with E-state index in [1.54, 1.807) is 24.3 Å². The number of nitrogens with one attached hydrogen (secondary N) is 1. The van der Waals surface area contributed by atoms with Gasteiger partial charge in [-0.05, 0) is 36.4 Å². The van der Waals surface area contributed by atoms with Crippen LogP contribution in [0.5, 0.6) is 0 Å².